The van der Waals surface area contributed by atoms with Crippen molar-refractivity contribution < 1.29 is 23.1 Å². The van der Waals surface area contributed by atoms with Crippen molar-refractivity contribution in [2.75, 3.05) is 5.75 Å². The first-order chi connectivity index (χ1) is 8.84. The van der Waals surface area contributed by atoms with Crippen LogP contribution in [0.5, 0.6) is 0 Å². The van der Waals surface area contributed by atoms with E-state index in [0.29, 0.717) is 11.3 Å². The van der Waals surface area contributed by atoms with E-state index in [0.717, 1.165) is 23.9 Å². The summed E-state index contributed by atoms with van der Waals surface area (Å²) in [5.74, 6) is 0.446. The average Bonchev–Trinajstić information content (AvgIpc) is 2.33. The molecule has 0 saturated carbocycles. The lowest BCUT2D eigenvalue weighted by Crippen LogP contribution is -2.06. The summed E-state index contributed by atoms with van der Waals surface area (Å²) in [6.07, 6.45) is -1.15. The van der Waals surface area contributed by atoms with E-state index in [1.807, 2.05) is 0 Å². The zero-order valence-corrected chi connectivity index (χ0v) is 11.0. The second-order valence-corrected chi connectivity index (χ2v) is 4.97. The number of thioether (sulfide) groups is 1. The van der Waals surface area contributed by atoms with E-state index < -0.39 is 18.3 Å². The molecule has 1 N–H and O–H groups in total. The number of hydrogen-bond donors (Lipinski definition) is 1. The number of aliphatic hydroxyl groups is 1. The third-order valence-electron chi connectivity index (χ3n) is 2.32. The van der Waals surface area contributed by atoms with Gasteiger partial charge in [0.1, 0.15) is 0 Å². The summed E-state index contributed by atoms with van der Waals surface area (Å²) in [5.41, 5.74) is -0.0645. The summed E-state index contributed by atoms with van der Waals surface area (Å²) in [6.45, 7) is 0.971. The minimum absolute atomic E-state index is 0.0283. The van der Waals surface area contributed by atoms with Crippen molar-refractivity contribution in [2.45, 2.75) is 19.7 Å². The molecule has 1 aromatic rings. The van der Waals surface area contributed by atoms with Crippen molar-refractivity contribution in [3.05, 3.63) is 41.0 Å². The van der Waals surface area contributed by atoms with Gasteiger partial charge < -0.3 is 5.11 Å². The Morgan fingerprint density at radius 3 is 2.63 bits per heavy atom. The molecule has 0 unspecified atom stereocenters. The maximum absolute atomic E-state index is 12.5. The van der Waals surface area contributed by atoms with Crippen molar-refractivity contribution >= 4 is 23.0 Å². The topological polar surface area (TPSA) is 37.3 Å². The highest BCUT2D eigenvalue weighted by atomic mass is 32.2. The van der Waals surface area contributed by atoms with Crippen molar-refractivity contribution in [1.29, 1.82) is 0 Å². The smallest absolute Gasteiger partial charge is 0.392 e. The number of carbonyl (C=O) groups is 1. The van der Waals surface area contributed by atoms with Crippen LogP contribution in [0.4, 0.5) is 13.2 Å². The molecule has 1 aromatic carbocycles. The number of aliphatic hydroxyl groups excluding tert-OH is 1. The number of carbonyl (C=O) groups excluding carboxylic acids is 1. The van der Waals surface area contributed by atoms with Crippen LogP contribution in [0.1, 0.15) is 23.6 Å². The van der Waals surface area contributed by atoms with E-state index in [9.17, 15) is 18.0 Å². The number of halogens is 3. The summed E-state index contributed by atoms with van der Waals surface area (Å²) in [6, 6.07) is 3.21. The molecule has 0 aliphatic carbocycles. The van der Waals surface area contributed by atoms with Gasteiger partial charge in [-0.15, -0.1) is 0 Å². The van der Waals surface area contributed by atoms with Gasteiger partial charge in [-0.3, -0.25) is 4.79 Å². The Hall–Kier alpha value is -1.27. The maximum atomic E-state index is 12.5. The molecule has 0 amide bonds. The fourth-order valence-corrected chi connectivity index (χ4v) is 1.85. The van der Waals surface area contributed by atoms with E-state index in [1.165, 1.54) is 13.0 Å². The number of rotatable bonds is 4. The molecule has 0 bridgehead atoms. The van der Waals surface area contributed by atoms with E-state index >= 15 is 0 Å². The predicted octanol–water partition coefficient (Wildman–Crippen LogP) is 3.49. The fourth-order valence-electron chi connectivity index (χ4n) is 1.42. The number of hydrogen-bond acceptors (Lipinski definition) is 3. The highest BCUT2D eigenvalue weighted by Gasteiger charge is 2.30. The van der Waals surface area contributed by atoms with Gasteiger partial charge in [0, 0.05) is 12.7 Å². The standard InChI is InChI=1S/C13H13F3O2S/c1-9(18)19-6-2-3-10-4-5-12(13(14,15)16)7-11(10)8-17/h2-5,7,17H,6,8H2,1H3. The van der Waals surface area contributed by atoms with Crippen LogP contribution in [0.25, 0.3) is 6.08 Å². The van der Waals surface area contributed by atoms with E-state index in [-0.39, 0.29) is 10.7 Å². The quantitative estimate of drug-likeness (QED) is 0.922. The molecule has 6 heteroatoms. The zero-order valence-electron chi connectivity index (χ0n) is 10.2. The lowest BCUT2D eigenvalue weighted by molar-refractivity contribution is -0.137. The number of alkyl halides is 3. The molecule has 0 aliphatic heterocycles. The summed E-state index contributed by atoms with van der Waals surface area (Å²) in [7, 11) is 0. The highest BCUT2D eigenvalue weighted by molar-refractivity contribution is 8.13. The Morgan fingerprint density at radius 2 is 2.11 bits per heavy atom. The fraction of sp³-hybridized carbons (Fsp3) is 0.308. The van der Waals surface area contributed by atoms with Gasteiger partial charge in [0.15, 0.2) is 5.12 Å². The number of benzene rings is 1. The van der Waals surface area contributed by atoms with Gasteiger partial charge in [-0.2, -0.15) is 13.2 Å². The first-order valence-electron chi connectivity index (χ1n) is 5.45. The molecule has 0 aliphatic rings. The Balaban J connectivity index is 2.87. The van der Waals surface area contributed by atoms with Crippen molar-refractivity contribution in [2.24, 2.45) is 0 Å². The van der Waals surface area contributed by atoms with Crippen molar-refractivity contribution in [1.82, 2.24) is 0 Å². The second-order valence-electron chi connectivity index (χ2n) is 3.77. The SMILES string of the molecule is CC(=O)SCC=Cc1ccc(C(F)(F)F)cc1CO. The molecule has 0 atom stereocenters. The van der Waals surface area contributed by atoms with Gasteiger partial charge in [-0.25, -0.2) is 0 Å². The van der Waals surface area contributed by atoms with Crippen LogP contribution in [-0.4, -0.2) is 16.0 Å². The Kier molecular flexibility index (Phi) is 5.62. The molecular formula is C13H13F3O2S. The minimum Gasteiger partial charge on any atom is -0.392 e. The van der Waals surface area contributed by atoms with E-state index in [1.54, 1.807) is 12.2 Å². The average molecular weight is 290 g/mol. The molecule has 2 nitrogen and oxygen atoms in total. The Morgan fingerprint density at radius 1 is 1.42 bits per heavy atom. The van der Waals surface area contributed by atoms with Crippen LogP contribution in [0, 0.1) is 0 Å². The molecule has 0 fully saturated rings. The molecule has 0 aromatic heterocycles. The lowest BCUT2D eigenvalue weighted by Gasteiger charge is -2.10. The van der Waals surface area contributed by atoms with Crippen LogP contribution < -0.4 is 0 Å². The van der Waals surface area contributed by atoms with Gasteiger partial charge in [0.2, 0.25) is 0 Å². The molecule has 0 spiro atoms. The monoisotopic (exact) mass is 290 g/mol. The van der Waals surface area contributed by atoms with E-state index in [2.05, 4.69) is 0 Å². The molecular weight excluding hydrogens is 277 g/mol. The van der Waals surface area contributed by atoms with Crippen LogP contribution in [-0.2, 0) is 17.6 Å². The zero-order chi connectivity index (χ0) is 14.5. The first-order valence-corrected chi connectivity index (χ1v) is 6.44. The van der Waals surface area contributed by atoms with Gasteiger partial charge >= 0.3 is 6.18 Å². The molecule has 104 valence electrons. The molecule has 0 saturated heterocycles. The van der Waals surface area contributed by atoms with Crippen molar-refractivity contribution in [3.63, 3.8) is 0 Å². The van der Waals surface area contributed by atoms with Crippen LogP contribution in [0.15, 0.2) is 24.3 Å². The maximum Gasteiger partial charge on any atom is 0.416 e. The van der Waals surface area contributed by atoms with E-state index in [4.69, 9.17) is 5.11 Å². The molecule has 0 heterocycles. The Labute approximate surface area is 113 Å². The van der Waals surface area contributed by atoms with Gasteiger partial charge in [-0.1, -0.05) is 30.0 Å². The molecule has 1 rings (SSSR count). The minimum atomic E-state index is -4.42. The van der Waals surface area contributed by atoms with Gasteiger partial charge in [0.25, 0.3) is 0 Å². The third-order valence-corrected chi connectivity index (χ3v) is 3.09. The largest absolute Gasteiger partial charge is 0.416 e. The van der Waals surface area contributed by atoms with Crippen molar-refractivity contribution in [3.8, 4) is 0 Å². The first kappa shape index (κ1) is 15.8. The summed E-state index contributed by atoms with van der Waals surface area (Å²) in [5, 5.41) is 9.06. The third kappa shape index (κ3) is 5.08. The van der Waals surface area contributed by atoms with Gasteiger partial charge in [-0.05, 0) is 23.3 Å². The summed E-state index contributed by atoms with van der Waals surface area (Å²) < 4.78 is 37.5. The van der Waals surface area contributed by atoms with Gasteiger partial charge in [0.05, 0.1) is 12.2 Å². The molecule has 19 heavy (non-hydrogen) atoms. The summed E-state index contributed by atoms with van der Waals surface area (Å²) >= 11 is 1.10. The molecule has 0 radical (unpaired) electrons. The normalized spacial score (nSPS) is 12.1. The highest BCUT2D eigenvalue weighted by Crippen LogP contribution is 2.30. The van der Waals surface area contributed by atoms with Crippen LogP contribution in [0.3, 0.4) is 0 Å². The summed E-state index contributed by atoms with van der Waals surface area (Å²) in [4.78, 5) is 10.7. The Bertz CT molecular complexity index is 481. The predicted molar refractivity (Wildman–Crippen MR) is 69.5 cm³/mol. The second kappa shape index (κ2) is 6.77. The lowest BCUT2D eigenvalue weighted by atomic mass is 10.0. The van der Waals surface area contributed by atoms with Crippen LogP contribution in [0.2, 0.25) is 0 Å². The van der Waals surface area contributed by atoms with Crippen LogP contribution >= 0.6 is 11.8 Å².